The Morgan fingerprint density at radius 3 is 2.65 bits per heavy atom. The van der Waals surface area contributed by atoms with E-state index in [1.54, 1.807) is 0 Å². The molecule has 0 fully saturated rings. The van der Waals surface area contributed by atoms with E-state index in [0.29, 0.717) is 0 Å². The van der Waals surface area contributed by atoms with Gasteiger partial charge >= 0.3 is 0 Å². The smallest absolute Gasteiger partial charge is 0.159 e. The Balaban J connectivity index is 2.53. The Morgan fingerprint density at radius 1 is 1.20 bits per heavy atom. The number of aryl methyl sites for hydroxylation is 2. The lowest BCUT2D eigenvalue weighted by Gasteiger charge is -2.13. The predicted octanol–water partition coefficient (Wildman–Crippen LogP) is 3.05. The van der Waals surface area contributed by atoms with E-state index >= 15 is 0 Å². The van der Waals surface area contributed by atoms with Crippen molar-refractivity contribution in [2.24, 2.45) is 0 Å². The highest BCUT2D eigenvalue weighted by molar-refractivity contribution is 5.63. The van der Waals surface area contributed by atoms with E-state index in [-0.39, 0.29) is 0 Å². The largest absolute Gasteiger partial charge is 0.373 e. The minimum atomic E-state index is 0.878. The summed E-state index contributed by atoms with van der Waals surface area (Å²) in [5, 5.41) is 3.16. The van der Waals surface area contributed by atoms with E-state index in [0.717, 1.165) is 54.5 Å². The zero-order valence-corrected chi connectivity index (χ0v) is 12.8. The molecule has 2 heterocycles. The van der Waals surface area contributed by atoms with Crippen LogP contribution in [0.2, 0.25) is 0 Å². The summed E-state index contributed by atoms with van der Waals surface area (Å²) >= 11 is 0. The number of hydrogen-bond donors (Lipinski definition) is 1. The van der Waals surface area contributed by atoms with Crippen molar-refractivity contribution in [3.63, 3.8) is 0 Å². The molecule has 20 heavy (non-hydrogen) atoms. The third-order valence-electron chi connectivity index (χ3n) is 3.29. The van der Waals surface area contributed by atoms with Crippen LogP contribution in [-0.2, 0) is 13.0 Å². The molecule has 2 rings (SSSR count). The number of nitrogens with zero attached hydrogens (tertiary/aromatic N) is 4. The Morgan fingerprint density at radius 2 is 2.00 bits per heavy atom. The molecule has 5 heteroatoms. The van der Waals surface area contributed by atoms with Gasteiger partial charge in [-0.25, -0.2) is 15.0 Å². The van der Waals surface area contributed by atoms with Crippen LogP contribution in [0, 0.1) is 6.92 Å². The van der Waals surface area contributed by atoms with E-state index in [1.807, 2.05) is 26.4 Å². The van der Waals surface area contributed by atoms with Crippen LogP contribution in [0.3, 0.4) is 0 Å². The van der Waals surface area contributed by atoms with Gasteiger partial charge in [0.1, 0.15) is 17.3 Å². The molecule has 2 aromatic heterocycles. The summed E-state index contributed by atoms with van der Waals surface area (Å²) in [5.74, 6) is 2.70. The fourth-order valence-corrected chi connectivity index (χ4v) is 2.31. The minimum absolute atomic E-state index is 0.878. The zero-order valence-electron chi connectivity index (χ0n) is 12.8. The van der Waals surface area contributed by atoms with Crippen LogP contribution in [0.25, 0.3) is 11.5 Å². The number of nitrogens with one attached hydrogen (secondary N) is 1. The first kappa shape index (κ1) is 14.5. The molecule has 0 amide bonds. The molecule has 0 aliphatic rings. The average Bonchev–Trinajstić information content (AvgIpc) is 2.89. The van der Waals surface area contributed by atoms with Gasteiger partial charge in [-0.15, -0.1) is 0 Å². The van der Waals surface area contributed by atoms with Gasteiger partial charge in [0.05, 0.1) is 0 Å². The standard InChI is InChI=1S/C15H23N5/c1-5-7-12-18-13(11(3)14(16-4)19-12)15-17-8-10-20(15)9-6-2/h8,10H,5-7,9H2,1-4H3,(H,16,18,19). The summed E-state index contributed by atoms with van der Waals surface area (Å²) in [5.41, 5.74) is 1.99. The first-order chi connectivity index (χ1) is 9.71. The van der Waals surface area contributed by atoms with Crippen molar-refractivity contribution in [3.8, 4) is 11.5 Å². The zero-order chi connectivity index (χ0) is 14.5. The SMILES string of the molecule is CCCc1nc(NC)c(C)c(-c2nccn2CCC)n1. The maximum Gasteiger partial charge on any atom is 0.159 e. The second-order valence-corrected chi connectivity index (χ2v) is 4.91. The number of aromatic nitrogens is 4. The lowest BCUT2D eigenvalue weighted by Crippen LogP contribution is -2.08. The second kappa shape index (κ2) is 6.50. The summed E-state index contributed by atoms with van der Waals surface area (Å²) in [7, 11) is 1.90. The van der Waals surface area contributed by atoms with Crippen LogP contribution in [0.1, 0.15) is 38.1 Å². The molecule has 0 saturated heterocycles. The Kier molecular flexibility index (Phi) is 4.71. The molecular formula is C15H23N5. The molecule has 5 nitrogen and oxygen atoms in total. The third kappa shape index (κ3) is 2.81. The molecule has 0 saturated carbocycles. The van der Waals surface area contributed by atoms with Crippen molar-refractivity contribution in [3.05, 3.63) is 23.8 Å². The lowest BCUT2D eigenvalue weighted by molar-refractivity contribution is 0.682. The molecule has 0 bridgehead atoms. The highest BCUT2D eigenvalue weighted by Crippen LogP contribution is 2.25. The monoisotopic (exact) mass is 273 g/mol. The van der Waals surface area contributed by atoms with Crippen molar-refractivity contribution in [1.82, 2.24) is 19.5 Å². The topological polar surface area (TPSA) is 55.6 Å². The van der Waals surface area contributed by atoms with Gasteiger partial charge in [-0.3, -0.25) is 0 Å². The van der Waals surface area contributed by atoms with Gasteiger partial charge in [-0.05, 0) is 19.8 Å². The normalized spacial score (nSPS) is 10.8. The molecule has 1 N–H and O–H groups in total. The molecular weight excluding hydrogens is 250 g/mol. The van der Waals surface area contributed by atoms with Crippen LogP contribution in [-0.4, -0.2) is 26.6 Å². The quantitative estimate of drug-likeness (QED) is 0.879. The Bertz CT molecular complexity index is 574. The molecule has 0 aromatic carbocycles. The number of anilines is 1. The van der Waals surface area contributed by atoms with Gasteiger partial charge in [0.25, 0.3) is 0 Å². The van der Waals surface area contributed by atoms with E-state index in [4.69, 9.17) is 4.98 Å². The van der Waals surface area contributed by atoms with Crippen LogP contribution in [0.5, 0.6) is 0 Å². The molecule has 2 aromatic rings. The third-order valence-corrected chi connectivity index (χ3v) is 3.29. The summed E-state index contributed by atoms with van der Waals surface area (Å²) in [6.07, 6.45) is 6.85. The summed E-state index contributed by atoms with van der Waals surface area (Å²) in [6.45, 7) is 7.30. The van der Waals surface area contributed by atoms with E-state index in [2.05, 4.69) is 33.7 Å². The molecule has 0 radical (unpaired) electrons. The van der Waals surface area contributed by atoms with Crippen molar-refractivity contribution in [2.75, 3.05) is 12.4 Å². The van der Waals surface area contributed by atoms with Crippen LogP contribution >= 0.6 is 0 Å². The van der Waals surface area contributed by atoms with Gasteiger partial charge in [-0.1, -0.05) is 13.8 Å². The number of hydrogen-bond acceptors (Lipinski definition) is 4. The Hall–Kier alpha value is -1.91. The summed E-state index contributed by atoms with van der Waals surface area (Å²) in [6, 6.07) is 0. The Labute approximate surface area is 120 Å². The molecule has 0 aliphatic carbocycles. The second-order valence-electron chi connectivity index (χ2n) is 4.91. The maximum atomic E-state index is 4.72. The van der Waals surface area contributed by atoms with Crippen LogP contribution in [0.15, 0.2) is 12.4 Å². The minimum Gasteiger partial charge on any atom is -0.373 e. The van der Waals surface area contributed by atoms with Crippen molar-refractivity contribution >= 4 is 5.82 Å². The van der Waals surface area contributed by atoms with Crippen LogP contribution in [0.4, 0.5) is 5.82 Å². The molecule has 108 valence electrons. The lowest BCUT2D eigenvalue weighted by atomic mass is 10.2. The number of rotatable bonds is 6. The van der Waals surface area contributed by atoms with Gasteiger partial charge in [0.2, 0.25) is 0 Å². The first-order valence-corrected chi connectivity index (χ1v) is 7.28. The number of imidazole rings is 1. The predicted molar refractivity (Wildman–Crippen MR) is 81.8 cm³/mol. The fraction of sp³-hybridized carbons (Fsp3) is 0.533. The highest BCUT2D eigenvalue weighted by Gasteiger charge is 2.15. The van der Waals surface area contributed by atoms with Gasteiger partial charge in [0.15, 0.2) is 5.82 Å². The van der Waals surface area contributed by atoms with Crippen molar-refractivity contribution in [1.29, 1.82) is 0 Å². The molecule has 0 aliphatic heterocycles. The first-order valence-electron chi connectivity index (χ1n) is 7.28. The van der Waals surface area contributed by atoms with Gasteiger partial charge < -0.3 is 9.88 Å². The average molecular weight is 273 g/mol. The molecule has 0 spiro atoms. The van der Waals surface area contributed by atoms with E-state index in [1.165, 1.54) is 0 Å². The molecule has 0 atom stereocenters. The van der Waals surface area contributed by atoms with Gasteiger partial charge in [-0.2, -0.15) is 0 Å². The fourth-order valence-electron chi connectivity index (χ4n) is 2.31. The van der Waals surface area contributed by atoms with Crippen molar-refractivity contribution < 1.29 is 0 Å². The van der Waals surface area contributed by atoms with Crippen molar-refractivity contribution in [2.45, 2.75) is 46.6 Å². The highest BCUT2D eigenvalue weighted by atomic mass is 15.1. The van der Waals surface area contributed by atoms with E-state index in [9.17, 15) is 0 Å². The van der Waals surface area contributed by atoms with Gasteiger partial charge in [0, 0.05) is 38.0 Å². The molecule has 0 unspecified atom stereocenters. The summed E-state index contributed by atoms with van der Waals surface area (Å²) in [4.78, 5) is 13.8. The summed E-state index contributed by atoms with van der Waals surface area (Å²) < 4.78 is 2.16. The maximum absolute atomic E-state index is 4.72. The van der Waals surface area contributed by atoms with Crippen LogP contribution < -0.4 is 5.32 Å². The van der Waals surface area contributed by atoms with E-state index < -0.39 is 0 Å².